The number of urea groups is 1. The summed E-state index contributed by atoms with van der Waals surface area (Å²) in [6.45, 7) is 3.60. The van der Waals surface area contributed by atoms with E-state index in [0.717, 1.165) is 5.56 Å². The van der Waals surface area contributed by atoms with Gasteiger partial charge in [-0.3, -0.25) is 4.79 Å². The lowest BCUT2D eigenvalue weighted by atomic mass is 10.1. The maximum Gasteiger partial charge on any atom is 0.316 e. The van der Waals surface area contributed by atoms with Crippen molar-refractivity contribution in [1.82, 2.24) is 10.6 Å². The first-order chi connectivity index (χ1) is 10.1. The molecule has 7 nitrogen and oxygen atoms in total. The van der Waals surface area contributed by atoms with Crippen LogP contribution in [0.1, 0.15) is 18.5 Å². The summed E-state index contributed by atoms with van der Waals surface area (Å²) in [4.78, 5) is 22.8. The van der Waals surface area contributed by atoms with E-state index < -0.39 is 6.03 Å². The Morgan fingerprint density at radius 1 is 1.36 bits per heavy atom. The largest absolute Gasteiger partial charge is 0.378 e. The lowest BCUT2D eigenvalue weighted by Gasteiger charge is -2.25. The number of anilines is 1. The van der Waals surface area contributed by atoms with Crippen LogP contribution in [0.2, 0.25) is 0 Å². The molecule has 0 aliphatic carbocycles. The summed E-state index contributed by atoms with van der Waals surface area (Å²) in [5.74, 6) is -0.0819. The summed E-state index contributed by atoms with van der Waals surface area (Å²) in [7, 11) is 0. The van der Waals surface area contributed by atoms with Crippen LogP contribution < -0.4 is 21.7 Å². The molecule has 1 saturated heterocycles. The molecule has 0 spiro atoms. The minimum absolute atomic E-state index is 0. The summed E-state index contributed by atoms with van der Waals surface area (Å²) in [5, 5.41) is 8.53. The Balaban J connectivity index is 0.00000242. The molecule has 2 unspecified atom stereocenters. The Morgan fingerprint density at radius 2 is 2.05 bits per heavy atom. The number of nitrogens with two attached hydrogens (primary N) is 1. The first kappa shape index (κ1) is 18.2. The van der Waals surface area contributed by atoms with Crippen LogP contribution in [0.4, 0.5) is 10.5 Å². The highest BCUT2D eigenvalue weighted by Gasteiger charge is 2.22. The lowest BCUT2D eigenvalue weighted by molar-refractivity contribution is -0.126. The zero-order valence-electron chi connectivity index (χ0n) is 12.3. The van der Waals surface area contributed by atoms with E-state index in [2.05, 4.69) is 16.0 Å². The van der Waals surface area contributed by atoms with Gasteiger partial charge in [-0.2, -0.15) is 0 Å². The fourth-order valence-corrected chi connectivity index (χ4v) is 2.13. The number of hydrogen-bond donors (Lipinski definition) is 4. The molecule has 8 heteroatoms. The monoisotopic (exact) mass is 328 g/mol. The van der Waals surface area contributed by atoms with Crippen LogP contribution in [0.3, 0.4) is 0 Å². The van der Waals surface area contributed by atoms with Crippen LogP contribution in [0.15, 0.2) is 24.3 Å². The zero-order valence-corrected chi connectivity index (χ0v) is 13.1. The van der Waals surface area contributed by atoms with Crippen molar-refractivity contribution in [2.24, 2.45) is 5.73 Å². The summed E-state index contributed by atoms with van der Waals surface area (Å²) >= 11 is 0. The van der Waals surface area contributed by atoms with E-state index in [-0.39, 0.29) is 30.4 Å². The first-order valence-electron chi connectivity index (χ1n) is 6.84. The smallest absolute Gasteiger partial charge is 0.316 e. The van der Waals surface area contributed by atoms with E-state index in [1.165, 1.54) is 0 Å². The van der Waals surface area contributed by atoms with Crippen molar-refractivity contribution in [2.45, 2.75) is 19.0 Å². The van der Waals surface area contributed by atoms with Crippen molar-refractivity contribution in [2.75, 3.05) is 25.1 Å². The van der Waals surface area contributed by atoms with Gasteiger partial charge in [0.25, 0.3) is 0 Å². The quantitative estimate of drug-likeness (QED) is 0.655. The van der Waals surface area contributed by atoms with E-state index in [1.807, 2.05) is 19.1 Å². The summed E-state index contributed by atoms with van der Waals surface area (Å²) < 4.78 is 5.27. The third kappa shape index (κ3) is 5.18. The van der Waals surface area contributed by atoms with Crippen molar-refractivity contribution < 1.29 is 14.3 Å². The second-order valence-electron chi connectivity index (χ2n) is 4.92. The van der Waals surface area contributed by atoms with Gasteiger partial charge in [-0.05, 0) is 24.6 Å². The molecule has 122 valence electrons. The highest BCUT2D eigenvalue weighted by atomic mass is 35.5. The van der Waals surface area contributed by atoms with Crippen LogP contribution in [0.25, 0.3) is 0 Å². The molecular formula is C14H21ClN4O3. The summed E-state index contributed by atoms with van der Waals surface area (Å²) in [6, 6.07) is 6.10. The van der Waals surface area contributed by atoms with Crippen LogP contribution in [-0.2, 0) is 9.53 Å². The van der Waals surface area contributed by atoms with Crippen LogP contribution in [0, 0.1) is 0 Å². The van der Waals surface area contributed by atoms with Crippen LogP contribution in [-0.4, -0.2) is 37.7 Å². The molecule has 5 N–H and O–H groups in total. The Kier molecular flexibility index (Phi) is 7.10. The molecule has 1 aromatic rings. The number of hydrogen-bond acceptors (Lipinski definition) is 4. The SMILES string of the molecule is CC(NC(=O)C1COCCN1)c1ccc(NC(N)=O)cc1.Cl. The van der Waals surface area contributed by atoms with E-state index >= 15 is 0 Å². The molecule has 1 aromatic carbocycles. The second kappa shape index (κ2) is 8.57. The van der Waals surface area contributed by atoms with E-state index in [4.69, 9.17) is 10.5 Å². The lowest BCUT2D eigenvalue weighted by Crippen LogP contribution is -2.51. The third-order valence-electron chi connectivity index (χ3n) is 3.28. The van der Waals surface area contributed by atoms with Crippen molar-refractivity contribution in [3.63, 3.8) is 0 Å². The van der Waals surface area contributed by atoms with Crippen molar-refractivity contribution in [3.05, 3.63) is 29.8 Å². The molecule has 0 saturated carbocycles. The number of ether oxygens (including phenoxy) is 1. The third-order valence-corrected chi connectivity index (χ3v) is 3.28. The maximum atomic E-state index is 12.1. The maximum absolute atomic E-state index is 12.1. The number of halogens is 1. The molecule has 3 amide bonds. The molecule has 22 heavy (non-hydrogen) atoms. The molecule has 1 aliphatic rings. The number of benzene rings is 1. The molecule has 0 radical (unpaired) electrons. The first-order valence-corrected chi connectivity index (χ1v) is 6.84. The number of carbonyl (C=O) groups excluding carboxylic acids is 2. The normalized spacial score (nSPS) is 18.7. The predicted molar refractivity (Wildman–Crippen MR) is 86.1 cm³/mol. The molecule has 0 bridgehead atoms. The van der Waals surface area contributed by atoms with Gasteiger partial charge in [0, 0.05) is 12.2 Å². The average Bonchev–Trinajstić information content (AvgIpc) is 2.48. The molecule has 2 atom stereocenters. The molecule has 1 heterocycles. The Morgan fingerprint density at radius 3 is 2.59 bits per heavy atom. The highest BCUT2D eigenvalue weighted by molar-refractivity contribution is 5.87. The van der Waals surface area contributed by atoms with Gasteiger partial charge in [0.1, 0.15) is 6.04 Å². The van der Waals surface area contributed by atoms with E-state index in [0.29, 0.717) is 25.4 Å². The minimum Gasteiger partial charge on any atom is -0.378 e. The molecule has 1 aliphatic heterocycles. The van der Waals surface area contributed by atoms with Crippen LogP contribution in [0.5, 0.6) is 0 Å². The highest BCUT2D eigenvalue weighted by Crippen LogP contribution is 2.16. The number of primary amides is 1. The van der Waals surface area contributed by atoms with Gasteiger partial charge >= 0.3 is 6.03 Å². The minimum atomic E-state index is -0.604. The topological polar surface area (TPSA) is 105 Å². The fraction of sp³-hybridized carbons (Fsp3) is 0.429. The van der Waals surface area contributed by atoms with Gasteiger partial charge in [-0.25, -0.2) is 4.79 Å². The van der Waals surface area contributed by atoms with Gasteiger partial charge in [-0.15, -0.1) is 12.4 Å². The molecular weight excluding hydrogens is 308 g/mol. The number of morpholine rings is 1. The Labute approximate surface area is 135 Å². The summed E-state index contributed by atoms with van der Waals surface area (Å²) in [6.07, 6.45) is 0. The van der Waals surface area contributed by atoms with E-state index in [1.54, 1.807) is 12.1 Å². The Hall–Kier alpha value is -1.83. The number of amides is 3. The predicted octanol–water partition coefficient (Wildman–Crippen LogP) is 0.765. The molecule has 0 aromatic heterocycles. The second-order valence-corrected chi connectivity index (χ2v) is 4.92. The fourth-order valence-electron chi connectivity index (χ4n) is 2.13. The van der Waals surface area contributed by atoms with Crippen LogP contribution >= 0.6 is 12.4 Å². The molecule has 1 fully saturated rings. The van der Waals surface area contributed by atoms with Crippen molar-refractivity contribution in [3.8, 4) is 0 Å². The number of rotatable bonds is 4. The zero-order chi connectivity index (χ0) is 15.2. The van der Waals surface area contributed by atoms with Crippen molar-refractivity contribution in [1.29, 1.82) is 0 Å². The van der Waals surface area contributed by atoms with Gasteiger partial charge in [-0.1, -0.05) is 12.1 Å². The molecule has 2 rings (SSSR count). The van der Waals surface area contributed by atoms with Gasteiger partial charge in [0.2, 0.25) is 5.91 Å². The van der Waals surface area contributed by atoms with Crippen molar-refractivity contribution >= 4 is 30.0 Å². The van der Waals surface area contributed by atoms with Gasteiger partial charge < -0.3 is 26.4 Å². The number of nitrogens with one attached hydrogen (secondary N) is 3. The summed E-state index contributed by atoms with van der Waals surface area (Å²) in [5.41, 5.74) is 6.60. The van der Waals surface area contributed by atoms with Gasteiger partial charge in [0.15, 0.2) is 0 Å². The van der Waals surface area contributed by atoms with Gasteiger partial charge in [0.05, 0.1) is 19.3 Å². The average molecular weight is 329 g/mol. The van der Waals surface area contributed by atoms with E-state index in [9.17, 15) is 9.59 Å². The Bertz CT molecular complexity index is 503. The standard InChI is InChI=1S/C14H20N4O3.ClH/c1-9(17-13(19)12-8-21-7-6-16-12)10-2-4-11(5-3-10)18-14(15)20;/h2-5,9,12,16H,6-8H2,1H3,(H,17,19)(H3,15,18,20);1H. The number of carbonyl (C=O) groups is 2.